The van der Waals surface area contributed by atoms with Crippen LogP contribution in [0.4, 0.5) is 0 Å². The van der Waals surface area contributed by atoms with Gasteiger partial charge in [0.15, 0.2) is 0 Å². The summed E-state index contributed by atoms with van der Waals surface area (Å²) in [5.41, 5.74) is 7.63. The number of methoxy groups -OCH3 is 1. The number of nitrogens with two attached hydrogens (primary N) is 1. The molecule has 0 saturated carbocycles. The van der Waals surface area contributed by atoms with E-state index in [0.29, 0.717) is 25.1 Å². The lowest BCUT2D eigenvalue weighted by molar-refractivity contribution is -0.129. The first-order valence-electron chi connectivity index (χ1n) is 6.21. The number of carbonyl (C=O) groups is 1. The van der Waals surface area contributed by atoms with E-state index in [0.717, 1.165) is 5.56 Å². The van der Waals surface area contributed by atoms with Crippen molar-refractivity contribution in [2.24, 2.45) is 5.73 Å². The van der Waals surface area contributed by atoms with Gasteiger partial charge in [0, 0.05) is 26.1 Å². The van der Waals surface area contributed by atoms with Gasteiger partial charge >= 0.3 is 0 Å². The Morgan fingerprint density at radius 1 is 1.47 bits per heavy atom. The minimum atomic E-state index is -0.211. The van der Waals surface area contributed by atoms with Gasteiger partial charge in [0.25, 0.3) is 0 Å². The van der Waals surface area contributed by atoms with Gasteiger partial charge in [-0.1, -0.05) is 12.1 Å². The first kappa shape index (κ1) is 13.5. The average Bonchev–Trinajstić information content (AvgIpc) is 2.71. The number of carbonyl (C=O) groups excluding carboxylic acids is 1. The molecule has 0 bridgehead atoms. The number of nitrogens with zero attached hydrogens (tertiary/aromatic N) is 2. The molecule has 2 N–H and O–H groups in total. The zero-order chi connectivity index (χ0) is 13.8. The van der Waals surface area contributed by atoms with Crippen molar-refractivity contribution in [3.63, 3.8) is 0 Å². The minimum absolute atomic E-state index is 0.0545. The number of amides is 1. The molecule has 1 heterocycles. The van der Waals surface area contributed by atoms with E-state index in [1.807, 2.05) is 12.1 Å². The van der Waals surface area contributed by atoms with Gasteiger partial charge in [-0.15, -0.1) is 0 Å². The second-order valence-electron chi connectivity index (χ2n) is 4.63. The van der Waals surface area contributed by atoms with Gasteiger partial charge in [0.1, 0.15) is 0 Å². The number of likely N-dealkylation sites (tertiary alicyclic amines) is 1. The van der Waals surface area contributed by atoms with Crippen LogP contribution in [0.2, 0.25) is 0 Å². The van der Waals surface area contributed by atoms with Crippen molar-refractivity contribution in [2.75, 3.05) is 20.3 Å². The molecule has 2 rings (SSSR count). The Hall–Kier alpha value is -1.90. The summed E-state index contributed by atoms with van der Waals surface area (Å²) in [6, 6.07) is 8.96. The maximum absolute atomic E-state index is 11.9. The molecule has 1 aromatic rings. The highest BCUT2D eigenvalue weighted by atomic mass is 16.5. The number of hydrogen-bond donors (Lipinski definition) is 1. The van der Waals surface area contributed by atoms with Gasteiger partial charge in [-0.3, -0.25) is 4.79 Å². The molecule has 5 nitrogen and oxygen atoms in total. The van der Waals surface area contributed by atoms with E-state index in [4.69, 9.17) is 15.7 Å². The maximum atomic E-state index is 11.9. The first-order valence-corrected chi connectivity index (χ1v) is 6.21. The van der Waals surface area contributed by atoms with Crippen LogP contribution < -0.4 is 5.73 Å². The van der Waals surface area contributed by atoms with Crippen LogP contribution in [0.3, 0.4) is 0 Å². The third kappa shape index (κ3) is 2.75. The molecule has 0 spiro atoms. The average molecular weight is 259 g/mol. The van der Waals surface area contributed by atoms with E-state index in [-0.39, 0.29) is 18.0 Å². The van der Waals surface area contributed by atoms with Gasteiger partial charge < -0.3 is 15.4 Å². The molecule has 2 atom stereocenters. The largest absolute Gasteiger partial charge is 0.383 e. The van der Waals surface area contributed by atoms with Crippen molar-refractivity contribution < 1.29 is 9.53 Å². The maximum Gasteiger partial charge on any atom is 0.224 e. The molecule has 1 aliphatic heterocycles. The fraction of sp³-hybridized carbons (Fsp3) is 0.429. The van der Waals surface area contributed by atoms with Gasteiger partial charge in [0.05, 0.1) is 24.3 Å². The summed E-state index contributed by atoms with van der Waals surface area (Å²) < 4.78 is 5.03. The molecule has 1 fully saturated rings. The van der Waals surface area contributed by atoms with Crippen LogP contribution in [0, 0.1) is 11.3 Å². The smallest absolute Gasteiger partial charge is 0.224 e. The van der Waals surface area contributed by atoms with E-state index in [9.17, 15) is 4.79 Å². The number of hydrogen-bond acceptors (Lipinski definition) is 4. The van der Waals surface area contributed by atoms with Crippen LogP contribution >= 0.6 is 0 Å². The van der Waals surface area contributed by atoms with Crippen molar-refractivity contribution in [3.8, 4) is 6.07 Å². The summed E-state index contributed by atoms with van der Waals surface area (Å²) >= 11 is 0. The standard InChI is InChI=1S/C14H17N3O2/c1-19-7-6-17-13(18)8-12(16)14(17)11-4-2-10(9-15)3-5-11/h2-5,12,14H,6-8,16H2,1H3. The van der Waals surface area contributed by atoms with E-state index in [1.165, 1.54) is 0 Å². The summed E-state index contributed by atoms with van der Waals surface area (Å²) in [7, 11) is 1.61. The van der Waals surface area contributed by atoms with Gasteiger partial charge in [-0.2, -0.15) is 5.26 Å². The van der Waals surface area contributed by atoms with Gasteiger partial charge in [-0.05, 0) is 17.7 Å². The Balaban J connectivity index is 2.23. The number of benzene rings is 1. The van der Waals surface area contributed by atoms with E-state index in [1.54, 1.807) is 24.1 Å². The fourth-order valence-electron chi connectivity index (χ4n) is 2.45. The van der Waals surface area contributed by atoms with Gasteiger partial charge in [-0.25, -0.2) is 0 Å². The van der Waals surface area contributed by atoms with Crippen LogP contribution in [0.15, 0.2) is 24.3 Å². The number of ether oxygens (including phenoxy) is 1. The van der Waals surface area contributed by atoms with E-state index >= 15 is 0 Å². The van der Waals surface area contributed by atoms with Crippen LogP contribution in [-0.2, 0) is 9.53 Å². The molecule has 0 aromatic heterocycles. The predicted octanol–water partition coefficient (Wildman–Crippen LogP) is 0.805. The topological polar surface area (TPSA) is 79.3 Å². The number of nitriles is 1. The van der Waals surface area contributed by atoms with E-state index < -0.39 is 0 Å². The molecular formula is C14H17N3O2. The molecule has 0 radical (unpaired) electrons. The minimum Gasteiger partial charge on any atom is -0.383 e. The lowest BCUT2D eigenvalue weighted by Crippen LogP contribution is -2.35. The molecule has 100 valence electrons. The quantitative estimate of drug-likeness (QED) is 0.867. The summed E-state index contributed by atoms with van der Waals surface area (Å²) in [4.78, 5) is 13.7. The summed E-state index contributed by atoms with van der Waals surface area (Å²) in [6.45, 7) is 1.03. The van der Waals surface area contributed by atoms with Crippen molar-refractivity contribution in [3.05, 3.63) is 35.4 Å². The van der Waals surface area contributed by atoms with Crippen LogP contribution in [0.5, 0.6) is 0 Å². The highest BCUT2D eigenvalue weighted by Crippen LogP contribution is 2.31. The van der Waals surface area contributed by atoms with Crippen LogP contribution in [-0.4, -0.2) is 37.1 Å². The molecule has 1 aromatic carbocycles. The summed E-state index contributed by atoms with van der Waals surface area (Å²) in [5, 5.41) is 8.80. The third-order valence-electron chi connectivity index (χ3n) is 3.39. The highest BCUT2D eigenvalue weighted by Gasteiger charge is 2.38. The Labute approximate surface area is 112 Å². The molecular weight excluding hydrogens is 242 g/mol. The Kier molecular flexibility index (Phi) is 4.15. The van der Waals surface area contributed by atoms with Crippen LogP contribution in [0.1, 0.15) is 23.6 Å². The van der Waals surface area contributed by atoms with Gasteiger partial charge in [0.2, 0.25) is 5.91 Å². The summed E-state index contributed by atoms with van der Waals surface area (Å²) in [5.74, 6) is 0.0545. The second-order valence-corrected chi connectivity index (χ2v) is 4.63. The van der Waals surface area contributed by atoms with E-state index in [2.05, 4.69) is 6.07 Å². The molecule has 1 aliphatic rings. The van der Waals surface area contributed by atoms with Crippen molar-refractivity contribution >= 4 is 5.91 Å². The monoisotopic (exact) mass is 259 g/mol. The van der Waals surface area contributed by atoms with Crippen molar-refractivity contribution in [1.82, 2.24) is 4.90 Å². The molecule has 0 aliphatic carbocycles. The zero-order valence-electron chi connectivity index (χ0n) is 10.9. The lowest BCUT2D eigenvalue weighted by Gasteiger charge is -2.27. The van der Waals surface area contributed by atoms with Crippen molar-refractivity contribution in [1.29, 1.82) is 5.26 Å². The molecule has 2 unspecified atom stereocenters. The molecule has 1 amide bonds. The van der Waals surface area contributed by atoms with Crippen molar-refractivity contribution in [2.45, 2.75) is 18.5 Å². The predicted molar refractivity (Wildman–Crippen MR) is 70.1 cm³/mol. The molecule has 1 saturated heterocycles. The second kappa shape index (κ2) is 5.83. The lowest BCUT2D eigenvalue weighted by atomic mass is 9.99. The highest BCUT2D eigenvalue weighted by molar-refractivity contribution is 5.80. The Morgan fingerprint density at radius 3 is 2.74 bits per heavy atom. The summed E-state index contributed by atoms with van der Waals surface area (Å²) in [6.07, 6.45) is 0.356. The third-order valence-corrected chi connectivity index (χ3v) is 3.39. The fourth-order valence-corrected chi connectivity index (χ4v) is 2.45. The molecule has 5 heteroatoms. The molecule has 19 heavy (non-hydrogen) atoms. The first-order chi connectivity index (χ1) is 9.17. The SMILES string of the molecule is COCCN1C(=O)CC(N)C1c1ccc(C#N)cc1. The number of rotatable bonds is 4. The van der Waals surface area contributed by atoms with Crippen LogP contribution in [0.25, 0.3) is 0 Å². The normalized spacial score (nSPS) is 22.6. The zero-order valence-corrected chi connectivity index (χ0v) is 10.9. The Bertz CT molecular complexity index is 492. The Morgan fingerprint density at radius 2 is 2.16 bits per heavy atom.